The molecule has 1 aliphatic rings. The monoisotopic (exact) mass is 357 g/mol. The van der Waals surface area contributed by atoms with Crippen LogP contribution in [-0.2, 0) is 13.0 Å². The Balaban J connectivity index is 1.49. The van der Waals surface area contributed by atoms with Crippen molar-refractivity contribution in [2.45, 2.75) is 26.8 Å². The molecular weight excluding hydrogens is 334 g/mol. The van der Waals surface area contributed by atoms with E-state index in [2.05, 4.69) is 39.5 Å². The maximum atomic E-state index is 12.6. The zero-order chi connectivity index (χ0) is 18.8. The summed E-state index contributed by atoms with van der Waals surface area (Å²) in [6, 6.07) is 18.3. The van der Waals surface area contributed by atoms with Gasteiger partial charge < -0.3 is 10.2 Å². The number of anilines is 2. The van der Waals surface area contributed by atoms with Gasteiger partial charge in [0, 0.05) is 25.0 Å². The van der Waals surface area contributed by atoms with Gasteiger partial charge >= 0.3 is 0 Å². The summed E-state index contributed by atoms with van der Waals surface area (Å²) in [6.45, 7) is 5.80. The quantitative estimate of drug-likeness (QED) is 0.750. The van der Waals surface area contributed by atoms with Gasteiger partial charge in [0.25, 0.3) is 5.91 Å². The third-order valence-electron chi connectivity index (χ3n) is 5.18. The van der Waals surface area contributed by atoms with Crippen LogP contribution in [0, 0.1) is 13.8 Å². The third-order valence-corrected chi connectivity index (χ3v) is 5.18. The largest absolute Gasteiger partial charge is 0.352 e. The second kappa shape index (κ2) is 7.23. The Hall–Kier alpha value is -3.14. The molecule has 0 unspecified atom stereocenters. The van der Waals surface area contributed by atoms with E-state index in [0.29, 0.717) is 5.56 Å². The predicted molar refractivity (Wildman–Crippen MR) is 109 cm³/mol. The van der Waals surface area contributed by atoms with Gasteiger partial charge in [-0.3, -0.25) is 4.79 Å². The van der Waals surface area contributed by atoms with Crippen molar-refractivity contribution >= 4 is 17.4 Å². The molecule has 0 spiro atoms. The summed E-state index contributed by atoms with van der Waals surface area (Å²) >= 11 is 0. The van der Waals surface area contributed by atoms with Crippen molar-refractivity contribution in [1.82, 2.24) is 4.98 Å². The topological polar surface area (TPSA) is 45.2 Å². The smallest absolute Gasteiger partial charge is 0.257 e. The van der Waals surface area contributed by atoms with E-state index in [9.17, 15) is 4.79 Å². The first-order valence-corrected chi connectivity index (χ1v) is 9.27. The number of nitrogens with zero attached hydrogens (tertiary/aromatic N) is 2. The van der Waals surface area contributed by atoms with Crippen LogP contribution in [0.2, 0.25) is 0 Å². The first-order chi connectivity index (χ1) is 13.1. The molecule has 4 nitrogen and oxygen atoms in total. The number of rotatable bonds is 3. The number of para-hydroxylation sites is 1. The minimum Gasteiger partial charge on any atom is -0.352 e. The Kier molecular flexibility index (Phi) is 4.63. The highest BCUT2D eigenvalue weighted by Gasteiger charge is 2.17. The van der Waals surface area contributed by atoms with E-state index in [0.717, 1.165) is 42.1 Å². The lowest BCUT2D eigenvalue weighted by atomic mass is 10.00. The number of carbonyl (C=O) groups is 1. The molecule has 0 saturated heterocycles. The number of benzene rings is 2. The first-order valence-electron chi connectivity index (χ1n) is 9.27. The minimum atomic E-state index is -0.129. The lowest BCUT2D eigenvalue weighted by Crippen LogP contribution is -2.31. The summed E-state index contributed by atoms with van der Waals surface area (Å²) in [5, 5.41) is 3.01. The Bertz CT molecular complexity index is 959. The molecule has 0 aliphatic carbocycles. The zero-order valence-electron chi connectivity index (χ0n) is 15.7. The molecule has 4 rings (SSSR count). The van der Waals surface area contributed by atoms with Crippen LogP contribution in [0.15, 0.2) is 60.8 Å². The molecule has 1 aromatic heterocycles. The number of carbonyl (C=O) groups excluding carboxylic acids is 1. The van der Waals surface area contributed by atoms with E-state index in [1.54, 1.807) is 6.20 Å². The van der Waals surface area contributed by atoms with Crippen LogP contribution < -0.4 is 10.2 Å². The molecule has 1 N–H and O–H groups in total. The predicted octanol–water partition coefficient (Wildman–Crippen LogP) is 4.51. The molecule has 136 valence electrons. The molecule has 3 aromatic rings. The number of hydrogen-bond donors (Lipinski definition) is 1. The van der Waals surface area contributed by atoms with Crippen molar-refractivity contribution in [3.05, 3.63) is 88.6 Å². The van der Waals surface area contributed by atoms with Crippen LogP contribution in [0.25, 0.3) is 0 Å². The van der Waals surface area contributed by atoms with Gasteiger partial charge in [-0.15, -0.1) is 0 Å². The van der Waals surface area contributed by atoms with Crippen molar-refractivity contribution < 1.29 is 4.79 Å². The number of aromatic nitrogens is 1. The summed E-state index contributed by atoms with van der Waals surface area (Å²) in [5.41, 5.74) is 6.32. The molecule has 0 atom stereocenters. The summed E-state index contributed by atoms with van der Waals surface area (Å²) in [4.78, 5) is 19.4. The molecular formula is C23H23N3O. The molecule has 0 saturated carbocycles. The van der Waals surface area contributed by atoms with Crippen LogP contribution in [0.1, 0.15) is 32.6 Å². The van der Waals surface area contributed by atoms with E-state index in [-0.39, 0.29) is 5.91 Å². The molecule has 2 heterocycles. The van der Waals surface area contributed by atoms with Gasteiger partial charge in [0.05, 0.1) is 5.56 Å². The highest BCUT2D eigenvalue weighted by molar-refractivity contribution is 6.05. The SMILES string of the molecule is Cc1cccc(C)c1NC(=O)c1ccc(N2CCc3ccccc3C2)nc1. The van der Waals surface area contributed by atoms with E-state index < -0.39 is 0 Å². The number of fused-ring (bicyclic) bond motifs is 1. The summed E-state index contributed by atoms with van der Waals surface area (Å²) < 4.78 is 0. The molecule has 1 aliphatic heterocycles. The molecule has 4 heteroatoms. The highest BCUT2D eigenvalue weighted by Crippen LogP contribution is 2.24. The molecule has 0 radical (unpaired) electrons. The fourth-order valence-electron chi connectivity index (χ4n) is 3.60. The van der Waals surface area contributed by atoms with E-state index in [1.807, 2.05) is 44.2 Å². The van der Waals surface area contributed by atoms with Crippen molar-refractivity contribution in [3.8, 4) is 0 Å². The Morgan fingerprint density at radius 1 is 0.963 bits per heavy atom. The van der Waals surface area contributed by atoms with E-state index in [4.69, 9.17) is 0 Å². The fraction of sp³-hybridized carbons (Fsp3) is 0.217. The average molecular weight is 357 g/mol. The molecule has 2 aromatic carbocycles. The maximum absolute atomic E-state index is 12.6. The second-order valence-corrected chi connectivity index (χ2v) is 7.07. The van der Waals surface area contributed by atoms with Crippen molar-refractivity contribution in [2.75, 3.05) is 16.8 Å². The highest BCUT2D eigenvalue weighted by atomic mass is 16.1. The van der Waals surface area contributed by atoms with Gasteiger partial charge in [-0.05, 0) is 54.7 Å². The Labute approximate surface area is 159 Å². The minimum absolute atomic E-state index is 0.129. The number of pyridine rings is 1. The molecule has 1 amide bonds. The summed E-state index contributed by atoms with van der Waals surface area (Å²) in [5.74, 6) is 0.781. The van der Waals surface area contributed by atoms with Crippen LogP contribution in [0.5, 0.6) is 0 Å². The Morgan fingerprint density at radius 2 is 1.70 bits per heavy atom. The number of aryl methyl sites for hydroxylation is 2. The van der Waals surface area contributed by atoms with Crippen LogP contribution in [0.3, 0.4) is 0 Å². The lowest BCUT2D eigenvalue weighted by molar-refractivity contribution is 0.102. The zero-order valence-corrected chi connectivity index (χ0v) is 15.7. The molecule has 0 fully saturated rings. The maximum Gasteiger partial charge on any atom is 0.257 e. The van der Waals surface area contributed by atoms with Gasteiger partial charge in [0.1, 0.15) is 5.82 Å². The van der Waals surface area contributed by atoms with E-state index in [1.165, 1.54) is 11.1 Å². The van der Waals surface area contributed by atoms with Gasteiger partial charge in [0.2, 0.25) is 0 Å². The average Bonchev–Trinajstić information content (AvgIpc) is 2.70. The second-order valence-electron chi connectivity index (χ2n) is 7.07. The van der Waals surface area contributed by atoms with Gasteiger partial charge in [-0.1, -0.05) is 42.5 Å². The number of amides is 1. The lowest BCUT2D eigenvalue weighted by Gasteiger charge is -2.29. The number of hydrogen-bond acceptors (Lipinski definition) is 3. The summed E-state index contributed by atoms with van der Waals surface area (Å²) in [7, 11) is 0. The van der Waals surface area contributed by atoms with E-state index >= 15 is 0 Å². The first kappa shape index (κ1) is 17.3. The fourth-order valence-corrected chi connectivity index (χ4v) is 3.60. The molecule has 0 bridgehead atoms. The summed E-state index contributed by atoms with van der Waals surface area (Å²) in [6.07, 6.45) is 2.69. The third kappa shape index (κ3) is 3.56. The molecule has 27 heavy (non-hydrogen) atoms. The van der Waals surface area contributed by atoms with Gasteiger partial charge in [-0.25, -0.2) is 4.98 Å². The Morgan fingerprint density at radius 3 is 2.41 bits per heavy atom. The van der Waals surface area contributed by atoms with Crippen LogP contribution in [-0.4, -0.2) is 17.4 Å². The van der Waals surface area contributed by atoms with Gasteiger partial charge in [0.15, 0.2) is 0 Å². The van der Waals surface area contributed by atoms with Crippen LogP contribution in [0.4, 0.5) is 11.5 Å². The van der Waals surface area contributed by atoms with Crippen molar-refractivity contribution in [2.24, 2.45) is 0 Å². The van der Waals surface area contributed by atoms with Crippen molar-refractivity contribution in [3.63, 3.8) is 0 Å². The normalized spacial score (nSPS) is 13.2. The van der Waals surface area contributed by atoms with Crippen LogP contribution >= 0.6 is 0 Å². The van der Waals surface area contributed by atoms with Crippen molar-refractivity contribution in [1.29, 1.82) is 0 Å². The number of nitrogens with one attached hydrogen (secondary N) is 1. The van der Waals surface area contributed by atoms with Gasteiger partial charge in [-0.2, -0.15) is 0 Å². The standard InChI is InChI=1S/C23H23N3O/c1-16-6-5-7-17(2)22(16)25-23(27)19-10-11-21(24-14-19)26-13-12-18-8-3-4-9-20(18)15-26/h3-11,14H,12-13,15H2,1-2H3,(H,25,27).